The molecule has 7 heteroatoms. The van der Waals surface area contributed by atoms with Gasteiger partial charge >= 0.3 is 0 Å². The van der Waals surface area contributed by atoms with Crippen LogP contribution in [-0.4, -0.2) is 26.7 Å². The van der Waals surface area contributed by atoms with Crippen molar-refractivity contribution in [1.82, 2.24) is 14.7 Å². The molecule has 0 unspecified atom stereocenters. The van der Waals surface area contributed by atoms with Crippen LogP contribution < -0.4 is 5.49 Å². The fraction of sp³-hybridized carbons (Fsp3) is 0.400. The zero-order valence-electron chi connectivity index (χ0n) is 15.1. The summed E-state index contributed by atoms with van der Waals surface area (Å²) in [5, 5.41) is 7.93. The van der Waals surface area contributed by atoms with Gasteiger partial charge in [-0.25, -0.2) is 0 Å². The monoisotopic (exact) mass is 382 g/mol. The predicted octanol–water partition coefficient (Wildman–Crippen LogP) is 4.11. The Bertz CT molecular complexity index is 952. The molecule has 0 atom stereocenters. The molecule has 0 radical (unpaired) electrons. The quantitative estimate of drug-likeness (QED) is 0.666. The highest BCUT2D eigenvalue weighted by Gasteiger charge is 2.14. The number of carbonyl (C=O) groups is 1. The van der Waals surface area contributed by atoms with E-state index in [2.05, 4.69) is 10.1 Å². The summed E-state index contributed by atoms with van der Waals surface area (Å²) < 4.78 is 6.93. The molecular formula is C20H22N4O2S. The largest absolute Gasteiger partial charge is 0.339 e. The molecule has 3 aromatic rings. The van der Waals surface area contributed by atoms with Gasteiger partial charge in [0.25, 0.3) is 0 Å². The summed E-state index contributed by atoms with van der Waals surface area (Å²) in [6, 6.07) is 7.97. The molecule has 3 heterocycles. The Labute approximate surface area is 161 Å². The van der Waals surface area contributed by atoms with E-state index in [1.807, 2.05) is 35.0 Å². The first-order valence-electron chi connectivity index (χ1n) is 9.39. The molecule has 1 fully saturated rings. The minimum atomic E-state index is -0.0135. The number of carbonyl (C=O) groups excluding carboxylic acids is 1. The maximum absolute atomic E-state index is 12.7. The third kappa shape index (κ3) is 4.42. The van der Waals surface area contributed by atoms with Crippen LogP contribution in [0, 0.1) is 0 Å². The summed E-state index contributed by atoms with van der Waals surface area (Å²) in [5.41, 5.74) is 1.67. The Balaban J connectivity index is 1.45. The van der Waals surface area contributed by atoms with E-state index in [9.17, 15) is 4.79 Å². The second-order valence-corrected chi connectivity index (χ2v) is 7.55. The molecule has 0 saturated heterocycles. The predicted molar refractivity (Wildman–Crippen MR) is 103 cm³/mol. The van der Waals surface area contributed by atoms with E-state index in [4.69, 9.17) is 9.52 Å². The van der Waals surface area contributed by atoms with E-state index in [1.165, 1.54) is 19.3 Å². The lowest BCUT2D eigenvalue weighted by Gasteiger charge is -2.17. The number of rotatable bonds is 5. The number of pyridine rings is 1. The number of nitrogens with zero attached hydrogens (tertiary/aromatic N) is 4. The van der Waals surface area contributed by atoms with Crippen LogP contribution in [0.5, 0.6) is 0 Å². The van der Waals surface area contributed by atoms with Gasteiger partial charge in [-0.1, -0.05) is 30.5 Å². The topological polar surface area (TPSA) is 73.3 Å². The summed E-state index contributed by atoms with van der Waals surface area (Å²) in [4.78, 5) is 21.9. The smallest absolute Gasteiger partial charge is 0.232 e. The highest BCUT2D eigenvalue weighted by Crippen LogP contribution is 2.20. The van der Waals surface area contributed by atoms with Gasteiger partial charge < -0.3 is 4.52 Å². The van der Waals surface area contributed by atoms with Crippen LogP contribution in [-0.2, 0) is 6.42 Å². The van der Waals surface area contributed by atoms with Crippen LogP contribution in [0.25, 0.3) is 11.4 Å². The minimum absolute atomic E-state index is 0.0135. The molecule has 0 spiro atoms. The molecule has 1 saturated carbocycles. The van der Waals surface area contributed by atoms with Gasteiger partial charge in [-0.2, -0.15) is 16.3 Å². The van der Waals surface area contributed by atoms with Crippen molar-refractivity contribution in [2.45, 2.75) is 51.0 Å². The highest BCUT2D eigenvalue weighted by atomic mass is 32.1. The van der Waals surface area contributed by atoms with Gasteiger partial charge in [-0.05, 0) is 36.4 Å². The average Bonchev–Trinajstić information content (AvgIpc) is 3.39. The Morgan fingerprint density at radius 2 is 2.15 bits per heavy atom. The van der Waals surface area contributed by atoms with E-state index in [0.717, 1.165) is 23.9 Å². The SMILES string of the molecule is O=C(CCc1nc(-c2ccsc2)no1)n1ccccc1=NC1CCCCC1. The van der Waals surface area contributed by atoms with Crippen LogP contribution in [0.3, 0.4) is 0 Å². The van der Waals surface area contributed by atoms with Gasteiger partial charge in [0, 0.05) is 30.0 Å². The zero-order chi connectivity index (χ0) is 18.5. The van der Waals surface area contributed by atoms with Crippen LogP contribution in [0.15, 0.2) is 50.7 Å². The second kappa shape index (κ2) is 8.43. The summed E-state index contributed by atoms with van der Waals surface area (Å²) in [5.74, 6) is 1.03. The standard InChI is InChI=1S/C20H22N4O2S/c25-19(10-9-18-22-20(23-26-18)15-11-13-27-14-15)24-12-5-4-8-17(24)21-16-6-2-1-3-7-16/h4-5,8,11-14,16H,1-3,6-7,9-10H2. The van der Waals surface area contributed by atoms with E-state index >= 15 is 0 Å². The molecule has 6 nitrogen and oxygen atoms in total. The lowest BCUT2D eigenvalue weighted by Crippen LogP contribution is -2.29. The van der Waals surface area contributed by atoms with Gasteiger partial charge in [0.1, 0.15) is 5.49 Å². The Morgan fingerprint density at radius 1 is 1.26 bits per heavy atom. The number of aryl methyl sites for hydroxylation is 1. The first-order valence-corrected chi connectivity index (χ1v) is 10.3. The van der Waals surface area contributed by atoms with E-state index in [-0.39, 0.29) is 5.91 Å². The van der Waals surface area contributed by atoms with Crippen molar-refractivity contribution >= 4 is 17.2 Å². The normalized spacial score (nSPS) is 15.9. The van der Waals surface area contributed by atoms with E-state index in [0.29, 0.717) is 30.6 Å². The maximum Gasteiger partial charge on any atom is 0.232 e. The first-order chi connectivity index (χ1) is 13.3. The number of thiophene rings is 1. The molecular weight excluding hydrogens is 360 g/mol. The lowest BCUT2D eigenvalue weighted by molar-refractivity contribution is 0.0893. The fourth-order valence-electron chi connectivity index (χ4n) is 3.35. The molecule has 0 amide bonds. The number of hydrogen-bond acceptors (Lipinski definition) is 6. The highest BCUT2D eigenvalue weighted by molar-refractivity contribution is 7.08. The van der Waals surface area contributed by atoms with Gasteiger partial charge in [-0.3, -0.25) is 14.4 Å². The molecule has 0 aromatic carbocycles. The second-order valence-electron chi connectivity index (χ2n) is 6.77. The van der Waals surface area contributed by atoms with Crippen LogP contribution in [0.1, 0.15) is 49.2 Å². The molecule has 1 aliphatic rings. The van der Waals surface area contributed by atoms with Crippen molar-refractivity contribution < 1.29 is 9.32 Å². The molecule has 0 bridgehead atoms. The van der Waals surface area contributed by atoms with Crippen LogP contribution >= 0.6 is 11.3 Å². The molecule has 27 heavy (non-hydrogen) atoms. The summed E-state index contributed by atoms with van der Waals surface area (Å²) >= 11 is 1.59. The van der Waals surface area contributed by atoms with Crippen LogP contribution in [0.2, 0.25) is 0 Å². The number of aromatic nitrogens is 3. The lowest BCUT2D eigenvalue weighted by atomic mass is 9.96. The number of hydrogen-bond donors (Lipinski definition) is 0. The van der Waals surface area contributed by atoms with Crippen LogP contribution in [0.4, 0.5) is 0 Å². The molecule has 3 aromatic heterocycles. The Kier molecular flexibility index (Phi) is 5.58. The van der Waals surface area contributed by atoms with Crippen molar-refractivity contribution in [2.75, 3.05) is 0 Å². The summed E-state index contributed by atoms with van der Waals surface area (Å²) in [7, 11) is 0. The Morgan fingerprint density at radius 3 is 2.96 bits per heavy atom. The van der Waals surface area contributed by atoms with Crippen molar-refractivity contribution in [2.24, 2.45) is 4.99 Å². The van der Waals surface area contributed by atoms with Crippen molar-refractivity contribution in [3.05, 3.63) is 52.6 Å². The third-order valence-electron chi connectivity index (χ3n) is 4.80. The van der Waals surface area contributed by atoms with E-state index in [1.54, 1.807) is 22.1 Å². The molecule has 0 aliphatic heterocycles. The summed E-state index contributed by atoms with van der Waals surface area (Å²) in [6.07, 6.45) is 8.45. The molecule has 0 N–H and O–H groups in total. The van der Waals surface area contributed by atoms with Gasteiger partial charge in [-0.15, -0.1) is 0 Å². The maximum atomic E-state index is 12.7. The zero-order valence-corrected chi connectivity index (χ0v) is 15.9. The van der Waals surface area contributed by atoms with Crippen molar-refractivity contribution in [3.63, 3.8) is 0 Å². The Hall–Kier alpha value is -2.54. The minimum Gasteiger partial charge on any atom is -0.339 e. The van der Waals surface area contributed by atoms with Crippen molar-refractivity contribution in [1.29, 1.82) is 0 Å². The average molecular weight is 382 g/mol. The first kappa shape index (κ1) is 17.9. The van der Waals surface area contributed by atoms with Gasteiger partial charge in [0.2, 0.25) is 17.6 Å². The fourth-order valence-corrected chi connectivity index (χ4v) is 3.98. The molecule has 4 rings (SSSR count). The van der Waals surface area contributed by atoms with Gasteiger partial charge in [0.15, 0.2) is 0 Å². The summed E-state index contributed by atoms with van der Waals surface area (Å²) in [6.45, 7) is 0. The third-order valence-corrected chi connectivity index (χ3v) is 5.48. The van der Waals surface area contributed by atoms with Gasteiger partial charge in [0.05, 0.1) is 6.04 Å². The molecule has 140 valence electrons. The molecule has 1 aliphatic carbocycles. The van der Waals surface area contributed by atoms with Crippen molar-refractivity contribution in [3.8, 4) is 11.4 Å². The van der Waals surface area contributed by atoms with E-state index < -0.39 is 0 Å².